The van der Waals surface area contributed by atoms with Crippen molar-refractivity contribution in [3.8, 4) is 0 Å². The number of allylic oxidation sites excluding steroid dienone is 2. The number of rotatable bonds is 9. The molecule has 4 aliphatic rings. The van der Waals surface area contributed by atoms with E-state index in [0.717, 1.165) is 0 Å². The van der Waals surface area contributed by atoms with E-state index in [1.165, 1.54) is 19.1 Å². The van der Waals surface area contributed by atoms with Crippen molar-refractivity contribution in [2.24, 2.45) is 0 Å². The first-order valence-electron chi connectivity index (χ1n) is 20.0. The number of esters is 4. The number of fused-ring (bicyclic) bond motifs is 8. The number of aliphatic hydroxyl groups is 2. The van der Waals surface area contributed by atoms with Crippen LogP contribution in [0.3, 0.4) is 0 Å². The summed E-state index contributed by atoms with van der Waals surface area (Å²) in [6.45, 7) is 18.4. The zero-order valence-electron chi connectivity index (χ0n) is 35.8. The fourth-order valence-electron chi connectivity index (χ4n) is 8.10. The SMILES string of the molecule is CCC1(O)c2cc3[nH]c4c(c5[nH]c(cc6nc(cc(n2)C1(C)O)C(C=O)=C6C)[C@@H](C)[C@@H]5CCC(=O)NC(CC(=O)OC(C)(C)C)C(=O)OC(C)(C)C)C(=O)OC(=O)c4c3C. The molecule has 6 heterocycles. The van der Waals surface area contributed by atoms with Crippen molar-refractivity contribution in [2.45, 2.75) is 142 Å². The van der Waals surface area contributed by atoms with Crippen molar-refractivity contribution in [3.05, 3.63) is 69.1 Å². The molecule has 3 unspecified atom stereocenters. The van der Waals surface area contributed by atoms with Crippen molar-refractivity contribution >= 4 is 58.3 Å². The Hall–Kier alpha value is -5.74. The molecule has 16 heteroatoms. The van der Waals surface area contributed by atoms with Gasteiger partial charge in [-0.3, -0.25) is 19.4 Å². The number of aromatic amines is 2. The largest absolute Gasteiger partial charge is 0.460 e. The Morgan fingerprint density at radius 3 is 2.22 bits per heavy atom. The molecule has 0 radical (unpaired) electrons. The maximum atomic E-state index is 13.9. The molecule has 6 rings (SSSR count). The first-order valence-corrected chi connectivity index (χ1v) is 20.0. The third kappa shape index (κ3) is 7.97. The molecule has 4 aliphatic heterocycles. The number of ether oxygens (including phenoxy) is 3. The summed E-state index contributed by atoms with van der Waals surface area (Å²) >= 11 is 0. The number of amides is 1. The number of nitrogens with one attached hydrogen (secondary N) is 3. The van der Waals surface area contributed by atoms with Gasteiger partial charge in [0.05, 0.1) is 40.3 Å². The van der Waals surface area contributed by atoms with E-state index in [2.05, 4.69) is 20.3 Å². The van der Waals surface area contributed by atoms with Crippen LogP contribution in [-0.4, -0.2) is 83.5 Å². The minimum Gasteiger partial charge on any atom is -0.460 e. The standard InChI is InChI=1S/C44H53N5O11/c1-12-44(57)31-16-27-22(4)34-37(48-27)35(40(55)58-39(34)54)36-23(13-14-32(51)46-29(38(53)60-42(8,9)10)18-33(52)59-41(5,6)7)20(2)26(47-36)15-25-21(3)24(19-50)28(45-25)17-30(49-31)43(44,11)56/h15-17,19-20,23,29,47-48,56-57H,12-14,18H2,1-11H3,(H,46,51)/t20-,23-,29?,43?,44?/m0/s1. The van der Waals surface area contributed by atoms with E-state index in [1.807, 2.05) is 6.92 Å². The monoisotopic (exact) mass is 827 g/mol. The predicted molar refractivity (Wildman–Crippen MR) is 218 cm³/mol. The van der Waals surface area contributed by atoms with Crippen molar-refractivity contribution in [2.75, 3.05) is 0 Å². The van der Waals surface area contributed by atoms with Gasteiger partial charge in [-0.2, -0.15) is 0 Å². The molecule has 2 aromatic rings. The van der Waals surface area contributed by atoms with Gasteiger partial charge in [0.1, 0.15) is 34.0 Å². The summed E-state index contributed by atoms with van der Waals surface area (Å²) in [5, 5.41) is 26.5. The Labute approximate surface area is 347 Å². The zero-order chi connectivity index (χ0) is 44.4. The smallest absolute Gasteiger partial charge is 0.349 e. The molecular weight excluding hydrogens is 775 g/mol. The Morgan fingerprint density at radius 2 is 1.60 bits per heavy atom. The van der Waals surface area contributed by atoms with Crippen molar-refractivity contribution in [1.29, 1.82) is 0 Å². The maximum Gasteiger partial charge on any atom is 0.349 e. The first kappa shape index (κ1) is 43.8. The normalized spacial score (nSPS) is 22.5. The molecular formula is C44H53N5O11. The Kier molecular flexibility index (Phi) is 11.2. The van der Waals surface area contributed by atoms with Gasteiger partial charge in [-0.1, -0.05) is 13.8 Å². The van der Waals surface area contributed by atoms with Gasteiger partial charge < -0.3 is 39.7 Å². The van der Waals surface area contributed by atoms with Gasteiger partial charge >= 0.3 is 23.9 Å². The van der Waals surface area contributed by atoms with Crippen LogP contribution in [0, 0.1) is 6.92 Å². The highest BCUT2D eigenvalue weighted by Crippen LogP contribution is 2.48. The lowest BCUT2D eigenvalue weighted by Crippen LogP contribution is -2.46. The summed E-state index contributed by atoms with van der Waals surface area (Å²) in [7, 11) is 0. The second kappa shape index (κ2) is 15.4. The summed E-state index contributed by atoms with van der Waals surface area (Å²) in [6.07, 6.45) is 0.157. The average molecular weight is 828 g/mol. The molecule has 8 bridgehead atoms. The number of H-pyrrole nitrogens is 2. The topological polar surface area (TPSA) is 240 Å². The molecule has 2 aromatic heterocycles. The van der Waals surface area contributed by atoms with Crippen LogP contribution in [0.2, 0.25) is 0 Å². The second-order valence-electron chi connectivity index (χ2n) is 18.0. The fraction of sp³-hybridized carbons (Fsp3) is 0.500. The van der Waals surface area contributed by atoms with E-state index < -0.39 is 76.5 Å². The van der Waals surface area contributed by atoms with Gasteiger partial charge in [0, 0.05) is 40.7 Å². The zero-order valence-corrected chi connectivity index (χ0v) is 35.8. The summed E-state index contributed by atoms with van der Waals surface area (Å²) in [6, 6.07) is 3.35. The molecule has 60 heavy (non-hydrogen) atoms. The van der Waals surface area contributed by atoms with Crippen molar-refractivity contribution < 1.29 is 53.2 Å². The molecule has 1 amide bonds. The third-order valence-corrected chi connectivity index (χ3v) is 11.4. The minimum atomic E-state index is -1.92. The highest BCUT2D eigenvalue weighted by Gasteiger charge is 2.53. The van der Waals surface area contributed by atoms with E-state index in [4.69, 9.17) is 19.2 Å². The number of cyclic esters (lactones) is 2. The maximum absolute atomic E-state index is 13.9. The van der Waals surface area contributed by atoms with E-state index in [1.54, 1.807) is 68.4 Å². The molecule has 0 fully saturated rings. The van der Waals surface area contributed by atoms with Crippen LogP contribution in [-0.2, 0) is 44.6 Å². The number of aldehydes is 1. The van der Waals surface area contributed by atoms with Crippen LogP contribution >= 0.6 is 0 Å². The summed E-state index contributed by atoms with van der Waals surface area (Å²) in [4.78, 5) is 95.5. The number of aryl methyl sites for hydroxylation is 1. The lowest BCUT2D eigenvalue weighted by Gasteiger charge is -2.34. The quantitative estimate of drug-likeness (QED) is 0.0907. The molecule has 0 saturated carbocycles. The van der Waals surface area contributed by atoms with Crippen molar-refractivity contribution in [3.63, 3.8) is 0 Å². The highest BCUT2D eigenvalue weighted by atomic mass is 16.6. The summed E-state index contributed by atoms with van der Waals surface area (Å²) in [5.41, 5.74) is -2.24. The van der Waals surface area contributed by atoms with E-state index in [-0.39, 0.29) is 58.6 Å². The van der Waals surface area contributed by atoms with Gasteiger partial charge in [-0.15, -0.1) is 0 Å². The summed E-state index contributed by atoms with van der Waals surface area (Å²) < 4.78 is 16.3. The first-order chi connectivity index (χ1) is 27.8. The number of aromatic nitrogens is 4. The lowest BCUT2D eigenvalue weighted by molar-refractivity contribution is -0.165. The molecule has 0 aliphatic carbocycles. The molecule has 0 spiro atoms. The molecule has 16 nitrogen and oxygen atoms in total. The second-order valence-corrected chi connectivity index (χ2v) is 18.0. The van der Waals surface area contributed by atoms with E-state index in [0.29, 0.717) is 40.0 Å². The number of hydrogen-bond acceptors (Lipinski definition) is 13. The molecule has 5 N–H and O–H groups in total. The molecule has 0 saturated heterocycles. The fourth-order valence-corrected chi connectivity index (χ4v) is 8.10. The van der Waals surface area contributed by atoms with Crippen molar-refractivity contribution in [1.82, 2.24) is 25.3 Å². The van der Waals surface area contributed by atoms with Gasteiger partial charge in [-0.05, 0) is 104 Å². The number of hydrogen-bond donors (Lipinski definition) is 5. The molecule has 320 valence electrons. The number of carbonyl (C=O) groups is 6. The third-order valence-electron chi connectivity index (χ3n) is 11.4. The average Bonchev–Trinajstić information content (AvgIpc) is 3.77. The van der Waals surface area contributed by atoms with Crippen LogP contribution < -0.4 is 5.32 Å². The Morgan fingerprint density at radius 1 is 0.950 bits per heavy atom. The summed E-state index contributed by atoms with van der Waals surface area (Å²) in [5.74, 6) is -4.94. The van der Waals surface area contributed by atoms with Gasteiger partial charge in [0.15, 0.2) is 6.29 Å². The lowest BCUT2D eigenvalue weighted by atomic mass is 9.80. The number of nitrogens with zero attached hydrogens (tertiary/aromatic N) is 2. The number of carbonyl (C=O) groups excluding carboxylic acids is 6. The van der Waals surface area contributed by atoms with Crippen LogP contribution in [0.4, 0.5) is 0 Å². The van der Waals surface area contributed by atoms with Crippen LogP contribution in [0.1, 0.15) is 167 Å². The highest BCUT2D eigenvalue weighted by molar-refractivity contribution is 6.18. The predicted octanol–water partition coefficient (Wildman–Crippen LogP) is 5.52. The van der Waals surface area contributed by atoms with E-state index >= 15 is 0 Å². The molecule has 5 atom stereocenters. The molecule has 0 aromatic carbocycles. The van der Waals surface area contributed by atoms with Crippen LogP contribution in [0.25, 0.3) is 22.2 Å². The van der Waals surface area contributed by atoms with Crippen LogP contribution in [0.5, 0.6) is 0 Å². The van der Waals surface area contributed by atoms with E-state index in [9.17, 15) is 39.0 Å². The minimum absolute atomic E-state index is 0.00446. The van der Waals surface area contributed by atoms with Crippen LogP contribution in [0.15, 0.2) is 18.2 Å². The Balaban J connectivity index is 1.51. The van der Waals surface area contributed by atoms with Gasteiger partial charge in [0.25, 0.3) is 0 Å². The van der Waals surface area contributed by atoms with Gasteiger partial charge in [0.2, 0.25) is 5.91 Å². The van der Waals surface area contributed by atoms with Gasteiger partial charge in [-0.25, -0.2) is 19.4 Å². The Bertz CT molecular complexity index is 2440.